The quantitative estimate of drug-likeness (QED) is 0.223. The molecule has 1 atom stereocenters. The van der Waals surface area contributed by atoms with Gasteiger partial charge >= 0.3 is 0 Å². The Balaban J connectivity index is 0.00000261. The topological polar surface area (TPSA) is 98.0 Å². The number of hydrogen-bond acceptors (Lipinski definition) is 5. The third-order valence-electron chi connectivity index (χ3n) is 3.87. The molecule has 0 bridgehead atoms. The smallest absolute Gasteiger partial charge is 0.269 e. The minimum Gasteiger partial charge on any atom is -0.486 e. The maximum absolute atomic E-state index is 10.8. The Morgan fingerprint density at radius 3 is 2.74 bits per heavy atom. The Hall–Kier alpha value is -2.56. The molecule has 27 heavy (non-hydrogen) atoms. The van der Waals surface area contributed by atoms with Crippen LogP contribution in [0.4, 0.5) is 5.69 Å². The monoisotopic (exact) mass is 484 g/mol. The van der Waals surface area contributed by atoms with Crippen LogP contribution in [-0.2, 0) is 6.54 Å². The third kappa shape index (κ3) is 5.71. The summed E-state index contributed by atoms with van der Waals surface area (Å²) in [5, 5.41) is 17.1. The second-order valence-electron chi connectivity index (χ2n) is 5.73. The number of nitrogens with one attached hydrogen (secondary N) is 2. The standard InChI is InChI=1S/C18H20N4O4.HI/c1-19-18(20-10-13-5-4-6-14(9-13)22(23)24)21-11-15-12-25-16-7-2-3-8-17(16)26-15;/h2-9,15H,10-12H2,1H3,(H2,19,20,21);1H. The van der Waals surface area contributed by atoms with E-state index in [4.69, 9.17) is 9.47 Å². The maximum Gasteiger partial charge on any atom is 0.269 e. The van der Waals surface area contributed by atoms with Crippen LogP contribution >= 0.6 is 24.0 Å². The number of ether oxygens (including phenoxy) is 2. The second kappa shape index (κ2) is 9.95. The van der Waals surface area contributed by atoms with Gasteiger partial charge in [0.05, 0.1) is 11.5 Å². The van der Waals surface area contributed by atoms with Crippen molar-refractivity contribution in [1.29, 1.82) is 0 Å². The van der Waals surface area contributed by atoms with E-state index >= 15 is 0 Å². The van der Waals surface area contributed by atoms with Crippen molar-refractivity contribution in [1.82, 2.24) is 10.6 Å². The van der Waals surface area contributed by atoms with Crippen molar-refractivity contribution in [2.75, 3.05) is 20.2 Å². The van der Waals surface area contributed by atoms with Crippen molar-refractivity contribution in [3.05, 3.63) is 64.2 Å². The predicted octanol–water partition coefficient (Wildman–Crippen LogP) is 2.72. The van der Waals surface area contributed by atoms with Crippen LogP contribution in [0.15, 0.2) is 53.5 Å². The number of nitro benzene ring substituents is 1. The van der Waals surface area contributed by atoms with E-state index in [1.165, 1.54) is 12.1 Å². The van der Waals surface area contributed by atoms with Crippen LogP contribution in [0, 0.1) is 10.1 Å². The Kier molecular flexibility index (Phi) is 7.65. The van der Waals surface area contributed by atoms with E-state index in [0.29, 0.717) is 25.7 Å². The number of rotatable bonds is 5. The number of para-hydroxylation sites is 2. The number of hydrogen-bond donors (Lipinski definition) is 2. The molecule has 1 aliphatic heterocycles. The van der Waals surface area contributed by atoms with Gasteiger partial charge in [0.2, 0.25) is 0 Å². The van der Waals surface area contributed by atoms with Gasteiger partial charge in [0.25, 0.3) is 5.69 Å². The van der Waals surface area contributed by atoms with Crippen molar-refractivity contribution >= 4 is 35.6 Å². The average Bonchev–Trinajstić information content (AvgIpc) is 2.68. The fraction of sp³-hybridized carbons (Fsp3) is 0.278. The minimum atomic E-state index is -0.408. The molecule has 0 aromatic heterocycles. The maximum atomic E-state index is 10.8. The molecule has 144 valence electrons. The third-order valence-corrected chi connectivity index (χ3v) is 3.87. The van der Waals surface area contributed by atoms with E-state index < -0.39 is 4.92 Å². The minimum absolute atomic E-state index is 0. The van der Waals surface area contributed by atoms with Crippen LogP contribution in [0.3, 0.4) is 0 Å². The zero-order valence-corrected chi connectivity index (χ0v) is 17.1. The molecule has 2 N–H and O–H groups in total. The first-order chi connectivity index (χ1) is 12.7. The number of non-ortho nitro benzene ring substituents is 1. The fourth-order valence-electron chi connectivity index (χ4n) is 2.56. The number of guanidine groups is 1. The van der Waals surface area contributed by atoms with Gasteiger partial charge in [-0.05, 0) is 17.7 Å². The van der Waals surface area contributed by atoms with E-state index in [9.17, 15) is 10.1 Å². The lowest BCUT2D eigenvalue weighted by Gasteiger charge is -2.27. The predicted molar refractivity (Wildman–Crippen MR) is 113 cm³/mol. The highest BCUT2D eigenvalue weighted by atomic mass is 127. The van der Waals surface area contributed by atoms with E-state index in [-0.39, 0.29) is 35.8 Å². The van der Waals surface area contributed by atoms with Gasteiger partial charge in [-0.2, -0.15) is 0 Å². The van der Waals surface area contributed by atoms with Gasteiger partial charge in [-0.1, -0.05) is 24.3 Å². The van der Waals surface area contributed by atoms with Gasteiger partial charge in [0.15, 0.2) is 17.5 Å². The molecule has 0 aliphatic carbocycles. The van der Waals surface area contributed by atoms with Gasteiger partial charge in [0.1, 0.15) is 12.7 Å². The molecule has 3 rings (SSSR count). The summed E-state index contributed by atoms with van der Waals surface area (Å²) < 4.78 is 11.6. The molecule has 9 heteroatoms. The van der Waals surface area contributed by atoms with Gasteiger partial charge in [-0.3, -0.25) is 15.1 Å². The van der Waals surface area contributed by atoms with Gasteiger partial charge in [0, 0.05) is 25.7 Å². The number of halogens is 1. The van der Waals surface area contributed by atoms with Crippen molar-refractivity contribution < 1.29 is 14.4 Å². The number of fused-ring (bicyclic) bond motifs is 1. The molecule has 8 nitrogen and oxygen atoms in total. The van der Waals surface area contributed by atoms with Crippen molar-refractivity contribution in [2.24, 2.45) is 4.99 Å². The van der Waals surface area contributed by atoms with Gasteiger partial charge in [-0.25, -0.2) is 0 Å². The molecule has 0 saturated heterocycles. The second-order valence-corrected chi connectivity index (χ2v) is 5.73. The largest absolute Gasteiger partial charge is 0.486 e. The zero-order valence-electron chi connectivity index (χ0n) is 14.8. The Morgan fingerprint density at radius 2 is 2.00 bits per heavy atom. The molecule has 2 aromatic carbocycles. The Bertz CT molecular complexity index is 815. The SMILES string of the molecule is CN=C(NCc1cccc([N+](=O)[O-])c1)NCC1COc2ccccc2O1.I. The summed E-state index contributed by atoms with van der Waals surface area (Å²) in [5.74, 6) is 2.06. The summed E-state index contributed by atoms with van der Waals surface area (Å²) >= 11 is 0. The molecule has 1 aliphatic rings. The highest BCUT2D eigenvalue weighted by Gasteiger charge is 2.20. The molecule has 0 amide bonds. The molecule has 0 fully saturated rings. The highest BCUT2D eigenvalue weighted by Crippen LogP contribution is 2.30. The van der Waals surface area contributed by atoms with Crippen LogP contribution < -0.4 is 20.1 Å². The first-order valence-electron chi connectivity index (χ1n) is 8.22. The first-order valence-corrected chi connectivity index (χ1v) is 8.22. The van der Waals surface area contributed by atoms with Gasteiger partial charge in [-0.15, -0.1) is 24.0 Å². The number of aliphatic imine (C=N–C) groups is 1. The summed E-state index contributed by atoms with van der Waals surface area (Å²) in [4.78, 5) is 14.6. The first kappa shape index (κ1) is 20.7. The molecule has 0 radical (unpaired) electrons. The summed E-state index contributed by atoms with van der Waals surface area (Å²) in [6, 6.07) is 14.0. The molecular weight excluding hydrogens is 463 g/mol. The summed E-state index contributed by atoms with van der Waals surface area (Å²) in [6.45, 7) is 1.39. The lowest BCUT2D eigenvalue weighted by Crippen LogP contribution is -2.45. The molecule has 1 heterocycles. The van der Waals surface area contributed by atoms with Crippen molar-refractivity contribution in [3.63, 3.8) is 0 Å². The highest BCUT2D eigenvalue weighted by molar-refractivity contribution is 14.0. The van der Waals surface area contributed by atoms with E-state index in [2.05, 4.69) is 15.6 Å². The lowest BCUT2D eigenvalue weighted by molar-refractivity contribution is -0.384. The van der Waals surface area contributed by atoms with E-state index in [0.717, 1.165) is 17.1 Å². The number of nitro groups is 1. The summed E-state index contributed by atoms with van der Waals surface area (Å²) in [5.41, 5.74) is 0.868. The Labute approximate surface area is 174 Å². The van der Waals surface area contributed by atoms with Crippen molar-refractivity contribution in [3.8, 4) is 11.5 Å². The summed E-state index contributed by atoms with van der Waals surface area (Å²) in [6.07, 6.45) is -0.138. The van der Waals surface area contributed by atoms with E-state index in [1.807, 2.05) is 30.3 Å². The normalized spacial score (nSPS) is 15.4. The van der Waals surface area contributed by atoms with Crippen LogP contribution in [0.25, 0.3) is 0 Å². The number of nitrogens with zero attached hydrogens (tertiary/aromatic N) is 2. The van der Waals surface area contributed by atoms with Crippen LogP contribution in [0.5, 0.6) is 11.5 Å². The molecule has 1 unspecified atom stereocenters. The molecular formula is C18H21IN4O4. The van der Waals surface area contributed by atoms with Crippen LogP contribution in [0.2, 0.25) is 0 Å². The van der Waals surface area contributed by atoms with E-state index in [1.54, 1.807) is 13.1 Å². The average molecular weight is 484 g/mol. The number of benzene rings is 2. The van der Waals surface area contributed by atoms with Crippen LogP contribution in [0.1, 0.15) is 5.56 Å². The lowest BCUT2D eigenvalue weighted by atomic mass is 10.2. The van der Waals surface area contributed by atoms with Crippen LogP contribution in [-0.4, -0.2) is 37.2 Å². The Morgan fingerprint density at radius 1 is 1.22 bits per heavy atom. The zero-order chi connectivity index (χ0) is 18.4. The summed E-state index contributed by atoms with van der Waals surface area (Å²) in [7, 11) is 1.66. The van der Waals surface area contributed by atoms with Crippen molar-refractivity contribution in [2.45, 2.75) is 12.6 Å². The molecule has 2 aromatic rings. The fourth-order valence-corrected chi connectivity index (χ4v) is 2.56. The molecule has 0 saturated carbocycles. The molecule has 0 spiro atoms. The van der Waals surface area contributed by atoms with Gasteiger partial charge < -0.3 is 20.1 Å².